The second-order valence-corrected chi connectivity index (χ2v) is 10.4. The van der Waals surface area contributed by atoms with Gasteiger partial charge in [0.25, 0.3) is 11.8 Å². The van der Waals surface area contributed by atoms with Gasteiger partial charge < -0.3 is 30.1 Å². The number of aromatic nitrogens is 1. The molecule has 3 unspecified atom stereocenters. The van der Waals surface area contributed by atoms with Gasteiger partial charge in [-0.25, -0.2) is 14.6 Å². The van der Waals surface area contributed by atoms with Crippen LogP contribution in [0.2, 0.25) is 0 Å². The molecule has 1 saturated heterocycles. The summed E-state index contributed by atoms with van der Waals surface area (Å²) in [6.45, 7) is 2.45. The predicted molar refractivity (Wildman–Crippen MR) is 139 cm³/mol. The number of rotatable bonds is 11. The number of amides is 2. The molecule has 3 N–H and O–H groups in total. The van der Waals surface area contributed by atoms with Crippen LogP contribution in [0.5, 0.6) is 0 Å². The Morgan fingerprint density at radius 1 is 1.32 bits per heavy atom. The molecule has 3 rings (SSSR count). The van der Waals surface area contributed by atoms with Crippen LogP contribution < -0.4 is 11.1 Å². The van der Waals surface area contributed by atoms with E-state index >= 15 is 0 Å². The van der Waals surface area contributed by atoms with E-state index in [-0.39, 0.29) is 28.7 Å². The Labute approximate surface area is 229 Å². The van der Waals surface area contributed by atoms with E-state index in [1.165, 1.54) is 47.8 Å². The van der Waals surface area contributed by atoms with E-state index in [0.717, 1.165) is 11.3 Å². The number of nitrogens with one attached hydrogen (secondary N) is 1. The minimum absolute atomic E-state index is 0.0266. The number of anilines is 1. The van der Waals surface area contributed by atoms with Gasteiger partial charge in [0.2, 0.25) is 12.9 Å². The second kappa shape index (κ2) is 13.0. The van der Waals surface area contributed by atoms with Crippen LogP contribution in [0, 0.1) is 0 Å². The lowest BCUT2D eigenvalue weighted by Crippen LogP contribution is -2.71. The van der Waals surface area contributed by atoms with Crippen LogP contribution in [-0.4, -0.2) is 88.7 Å². The lowest BCUT2D eigenvalue weighted by molar-refractivity contribution is -0.184. The summed E-state index contributed by atoms with van der Waals surface area (Å²) < 4.78 is 14.7. The molecule has 2 aliphatic rings. The number of hydrogen-bond acceptors (Lipinski definition) is 15. The molecule has 0 saturated carbocycles. The van der Waals surface area contributed by atoms with Crippen LogP contribution in [0.3, 0.4) is 0 Å². The average Bonchev–Trinajstić information content (AvgIpc) is 3.33. The molecule has 0 spiro atoms. The molecule has 0 aliphatic carbocycles. The van der Waals surface area contributed by atoms with Crippen molar-refractivity contribution in [2.45, 2.75) is 38.0 Å². The molecule has 2 aliphatic heterocycles. The Balaban J connectivity index is 1.75. The largest absolute Gasteiger partial charge is 0.466 e. The zero-order valence-corrected chi connectivity index (χ0v) is 23.2. The van der Waals surface area contributed by atoms with Crippen molar-refractivity contribution in [1.82, 2.24) is 15.2 Å². The van der Waals surface area contributed by atoms with Crippen molar-refractivity contribution >= 4 is 75.4 Å². The fraction of sp³-hybridized carbons (Fsp3) is 0.476. The third-order valence-corrected chi connectivity index (χ3v) is 8.03. The Morgan fingerprint density at radius 3 is 2.66 bits per heavy atom. The molecule has 17 heteroatoms. The van der Waals surface area contributed by atoms with Crippen LogP contribution in [0.4, 0.5) is 5.13 Å². The minimum Gasteiger partial charge on any atom is -0.466 e. The summed E-state index contributed by atoms with van der Waals surface area (Å²) in [4.78, 5) is 72.8. The summed E-state index contributed by atoms with van der Waals surface area (Å²) in [7, 11) is 1.17. The molecule has 38 heavy (non-hydrogen) atoms. The molecule has 14 nitrogen and oxygen atoms in total. The van der Waals surface area contributed by atoms with Gasteiger partial charge in [0.15, 0.2) is 10.8 Å². The van der Waals surface area contributed by atoms with Crippen LogP contribution in [0.25, 0.3) is 0 Å². The first-order chi connectivity index (χ1) is 18.1. The van der Waals surface area contributed by atoms with E-state index < -0.39 is 54.0 Å². The summed E-state index contributed by atoms with van der Waals surface area (Å²) >= 11 is 3.68. The number of esters is 3. The minimum atomic E-state index is -1.15. The number of nitrogens with zero attached hydrogens (tertiary/aromatic N) is 3. The van der Waals surface area contributed by atoms with E-state index in [0.29, 0.717) is 10.7 Å². The molecular formula is C21H25N5O9S3. The van der Waals surface area contributed by atoms with Gasteiger partial charge in [-0.1, -0.05) is 12.1 Å². The molecule has 2 amide bonds. The number of carbonyl (C=O) groups excluding carboxylic acids is 5. The van der Waals surface area contributed by atoms with Crippen LogP contribution >= 0.6 is 34.9 Å². The maximum absolute atomic E-state index is 13.1. The van der Waals surface area contributed by atoms with Crippen LogP contribution in [-0.2, 0) is 43.0 Å². The summed E-state index contributed by atoms with van der Waals surface area (Å²) in [5, 5.41) is 7.30. The molecule has 0 bridgehead atoms. The predicted octanol–water partition coefficient (Wildman–Crippen LogP) is 0.436. The fourth-order valence-corrected chi connectivity index (χ4v) is 6.05. The number of nitrogens with two attached hydrogens (primary N) is 1. The third kappa shape index (κ3) is 6.57. The number of thioether (sulfide) groups is 2. The van der Waals surface area contributed by atoms with Gasteiger partial charge >= 0.3 is 17.9 Å². The van der Waals surface area contributed by atoms with Crippen LogP contribution in [0.1, 0.15) is 26.0 Å². The first-order valence-corrected chi connectivity index (χ1v) is 14.2. The van der Waals surface area contributed by atoms with Crippen molar-refractivity contribution in [3.63, 3.8) is 0 Å². The number of thiazole rings is 1. The summed E-state index contributed by atoms with van der Waals surface area (Å²) in [6, 6.07) is -1.00. The van der Waals surface area contributed by atoms with E-state index in [2.05, 4.69) is 20.2 Å². The monoisotopic (exact) mass is 587 g/mol. The van der Waals surface area contributed by atoms with Gasteiger partial charge in [-0.15, -0.1) is 34.9 Å². The van der Waals surface area contributed by atoms with E-state index in [1.807, 2.05) is 0 Å². The van der Waals surface area contributed by atoms with Crippen molar-refractivity contribution in [2.75, 3.05) is 31.5 Å². The summed E-state index contributed by atoms with van der Waals surface area (Å²) in [5.41, 5.74) is 5.47. The molecule has 3 heterocycles. The molecule has 3 atom stereocenters. The highest BCUT2D eigenvalue weighted by Crippen LogP contribution is 2.43. The molecule has 0 radical (unpaired) electrons. The number of fused-ring (bicyclic) bond motifs is 1. The Bertz CT molecular complexity index is 1180. The smallest absolute Gasteiger partial charge is 0.359 e. The first-order valence-electron chi connectivity index (χ1n) is 11.0. The molecule has 1 aromatic rings. The van der Waals surface area contributed by atoms with Crippen molar-refractivity contribution in [2.24, 2.45) is 5.16 Å². The standard InChI is InChI=1S/C21H25N5O9S3/c1-5-12(27)34-9(2)35-20(31)16-11(36-4)8-37-19-15(18(30)26(16)19)24-17(29)14(10-7-38-21(22)23-10)25-33-6-13(28)32-3/h7,9,15,19H,5-6,8H2,1-4H3,(H2,22,23)(H,24,29)/b25-14+. The van der Waals surface area contributed by atoms with Gasteiger partial charge in [-0.3, -0.25) is 19.3 Å². The van der Waals surface area contributed by atoms with Crippen molar-refractivity contribution in [1.29, 1.82) is 0 Å². The molecule has 206 valence electrons. The number of β-lactam (4-membered cyclic amide) rings is 1. The van der Waals surface area contributed by atoms with Crippen LogP contribution in [0.15, 0.2) is 21.1 Å². The van der Waals surface area contributed by atoms with Gasteiger partial charge in [0.1, 0.15) is 22.8 Å². The second-order valence-electron chi connectivity index (χ2n) is 7.51. The average molecular weight is 588 g/mol. The quantitative estimate of drug-likeness (QED) is 0.119. The third-order valence-electron chi connectivity index (χ3n) is 5.06. The van der Waals surface area contributed by atoms with Crippen molar-refractivity contribution in [3.8, 4) is 0 Å². The zero-order chi connectivity index (χ0) is 28.0. The molecule has 1 fully saturated rings. The molecular weight excluding hydrogens is 562 g/mol. The first kappa shape index (κ1) is 29.2. The highest BCUT2D eigenvalue weighted by Gasteiger charge is 2.55. The summed E-state index contributed by atoms with van der Waals surface area (Å²) in [6.07, 6.45) is 0.710. The summed E-state index contributed by atoms with van der Waals surface area (Å²) in [5.74, 6) is -3.07. The number of hydrogen-bond donors (Lipinski definition) is 2. The van der Waals surface area contributed by atoms with E-state index in [9.17, 15) is 24.0 Å². The molecule has 1 aromatic heterocycles. The van der Waals surface area contributed by atoms with E-state index in [4.69, 9.17) is 20.0 Å². The van der Waals surface area contributed by atoms with Gasteiger partial charge in [0.05, 0.1) is 7.11 Å². The Hall–Kier alpha value is -3.31. The molecule has 0 aromatic carbocycles. The number of nitrogen functional groups attached to an aromatic ring is 1. The number of ether oxygens (including phenoxy) is 3. The highest BCUT2D eigenvalue weighted by molar-refractivity contribution is 8.05. The number of oxime groups is 1. The SMILES string of the molecule is CCC(=O)OC(C)OC(=O)C1=C(SC)CSC2C(NC(=O)/C(=N/OCC(=O)OC)c3csc(N)n3)C(=O)N12. The lowest BCUT2D eigenvalue weighted by atomic mass is 10.0. The Morgan fingerprint density at radius 2 is 2.05 bits per heavy atom. The topological polar surface area (TPSA) is 189 Å². The van der Waals surface area contributed by atoms with Crippen molar-refractivity contribution < 1.29 is 43.0 Å². The highest BCUT2D eigenvalue weighted by atomic mass is 32.2. The number of carbonyl (C=O) groups is 5. The van der Waals surface area contributed by atoms with Gasteiger partial charge in [-0.05, 0) is 6.26 Å². The Kier molecular flexibility index (Phi) is 9.98. The lowest BCUT2D eigenvalue weighted by Gasteiger charge is -2.49. The van der Waals surface area contributed by atoms with E-state index in [1.54, 1.807) is 13.2 Å². The maximum Gasteiger partial charge on any atom is 0.359 e. The van der Waals surface area contributed by atoms with Gasteiger partial charge in [-0.2, -0.15) is 0 Å². The normalized spacial score (nSPS) is 19.6. The number of methoxy groups -OCH3 is 1. The zero-order valence-electron chi connectivity index (χ0n) is 20.7. The maximum atomic E-state index is 13.1. The fourth-order valence-electron chi connectivity index (χ4n) is 3.25. The van der Waals surface area contributed by atoms with Crippen molar-refractivity contribution in [3.05, 3.63) is 21.7 Å². The van der Waals surface area contributed by atoms with Gasteiger partial charge in [0, 0.05) is 29.4 Å².